The minimum atomic E-state index is 0.0752. The predicted octanol–water partition coefficient (Wildman–Crippen LogP) is 1.66. The molecule has 0 bridgehead atoms. The monoisotopic (exact) mass is 244 g/mol. The molecule has 1 N–H and O–H groups in total. The van der Waals surface area contributed by atoms with Crippen molar-refractivity contribution in [3.8, 4) is 0 Å². The first kappa shape index (κ1) is 10.5. The SMILES string of the molecule is C[C@@H](CO)N(C)c1ncccc1Br. The zero-order valence-electron chi connectivity index (χ0n) is 7.74. The summed E-state index contributed by atoms with van der Waals surface area (Å²) in [5.41, 5.74) is 0. The van der Waals surface area contributed by atoms with Crippen molar-refractivity contribution < 1.29 is 5.11 Å². The van der Waals surface area contributed by atoms with Gasteiger partial charge in [-0.3, -0.25) is 0 Å². The highest BCUT2D eigenvalue weighted by atomic mass is 79.9. The molecule has 3 nitrogen and oxygen atoms in total. The highest BCUT2D eigenvalue weighted by molar-refractivity contribution is 9.10. The van der Waals surface area contributed by atoms with Crippen LogP contribution in [0.1, 0.15) is 6.92 Å². The van der Waals surface area contributed by atoms with Crippen molar-refractivity contribution in [3.63, 3.8) is 0 Å². The van der Waals surface area contributed by atoms with Gasteiger partial charge in [0, 0.05) is 13.2 Å². The Morgan fingerprint density at radius 1 is 1.69 bits per heavy atom. The molecule has 0 aliphatic heterocycles. The molecule has 0 fully saturated rings. The van der Waals surface area contributed by atoms with Crippen LogP contribution in [0.2, 0.25) is 0 Å². The third kappa shape index (κ3) is 2.42. The first-order valence-electron chi connectivity index (χ1n) is 4.11. The van der Waals surface area contributed by atoms with Crippen molar-refractivity contribution in [3.05, 3.63) is 22.8 Å². The Balaban J connectivity index is 2.88. The van der Waals surface area contributed by atoms with E-state index >= 15 is 0 Å². The number of hydrogen-bond donors (Lipinski definition) is 1. The van der Waals surface area contributed by atoms with E-state index in [4.69, 9.17) is 5.11 Å². The molecule has 0 aromatic carbocycles. The summed E-state index contributed by atoms with van der Waals surface area (Å²) >= 11 is 3.41. The van der Waals surface area contributed by atoms with Gasteiger partial charge < -0.3 is 10.0 Å². The highest BCUT2D eigenvalue weighted by Gasteiger charge is 2.11. The van der Waals surface area contributed by atoms with Gasteiger partial charge in [-0.15, -0.1) is 0 Å². The first-order chi connectivity index (χ1) is 6.16. The van der Waals surface area contributed by atoms with Crippen molar-refractivity contribution >= 4 is 21.7 Å². The molecule has 1 aromatic heterocycles. The lowest BCUT2D eigenvalue weighted by Crippen LogP contribution is -2.32. The molecule has 13 heavy (non-hydrogen) atoms. The van der Waals surface area contributed by atoms with E-state index in [9.17, 15) is 0 Å². The van der Waals surface area contributed by atoms with Crippen molar-refractivity contribution in [2.75, 3.05) is 18.6 Å². The van der Waals surface area contributed by atoms with E-state index in [1.54, 1.807) is 6.20 Å². The summed E-state index contributed by atoms with van der Waals surface area (Å²) in [5.74, 6) is 0.851. The van der Waals surface area contributed by atoms with Crippen LogP contribution in [-0.2, 0) is 0 Å². The van der Waals surface area contributed by atoms with Gasteiger partial charge in [0.1, 0.15) is 5.82 Å². The number of hydrogen-bond acceptors (Lipinski definition) is 3. The van der Waals surface area contributed by atoms with E-state index in [0.29, 0.717) is 0 Å². The number of halogens is 1. The maximum atomic E-state index is 8.97. The van der Waals surface area contributed by atoms with Crippen LogP contribution in [0.25, 0.3) is 0 Å². The van der Waals surface area contributed by atoms with E-state index < -0.39 is 0 Å². The summed E-state index contributed by atoms with van der Waals surface area (Å²) in [6, 6.07) is 3.87. The summed E-state index contributed by atoms with van der Waals surface area (Å²) in [4.78, 5) is 6.15. The lowest BCUT2D eigenvalue weighted by molar-refractivity contribution is 0.269. The molecule has 1 atom stereocenters. The van der Waals surface area contributed by atoms with Crippen LogP contribution in [-0.4, -0.2) is 29.8 Å². The average molecular weight is 245 g/mol. The smallest absolute Gasteiger partial charge is 0.142 e. The molecular weight excluding hydrogens is 232 g/mol. The Bertz CT molecular complexity index is 280. The fraction of sp³-hybridized carbons (Fsp3) is 0.444. The summed E-state index contributed by atoms with van der Waals surface area (Å²) in [5, 5.41) is 8.97. The maximum Gasteiger partial charge on any atom is 0.142 e. The minimum absolute atomic E-state index is 0.0752. The third-order valence-corrected chi connectivity index (χ3v) is 2.62. The second-order valence-corrected chi connectivity index (χ2v) is 3.81. The van der Waals surface area contributed by atoms with Gasteiger partial charge in [0.2, 0.25) is 0 Å². The Morgan fingerprint density at radius 3 is 2.92 bits per heavy atom. The molecule has 0 aliphatic carbocycles. The minimum Gasteiger partial charge on any atom is -0.394 e. The van der Waals surface area contributed by atoms with Crippen molar-refractivity contribution in [2.45, 2.75) is 13.0 Å². The molecule has 1 aromatic rings. The molecule has 1 heterocycles. The quantitative estimate of drug-likeness (QED) is 0.879. The molecule has 0 aliphatic rings. The molecule has 0 spiro atoms. The Labute approximate surface area is 86.5 Å². The maximum absolute atomic E-state index is 8.97. The number of nitrogens with zero attached hydrogens (tertiary/aromatic N) is 2. The largest absolute Gasteiger partial charge is 0.394 e. The van der Waals surface area contributed by atoms with Crippen LogP contribution in [0.15, 0.2) is 22.8 Å². The molecular formula is C9H13BrN2O. The van der Waals surface area contributed by atoms with Crippen molar-refractivity contribution in [2.24, 2.45) is 0 Å². The van der Waals surface area contributed by atoms with Crippen LogP contribution in [0.3, 0.4) is 0 Å². The molecule has 4 heteroatoms. The van der Waals surface area contributed by atoms with Gasteiger partial charge in [-0.05, 0) is 35.0 Å². The molecule has 1 rings (SSSR count). The molecule has 72 valence electrons. The topological polar surface area (TPSA) is 36.4 Å². The number of rotatable bonds is 3. The van der Waals surface area contributed by atoms with E-state index in [0.717, 1.165) is 10.3 Å². The van der Waals surface area contributed by atoms with Gasteiger partial charge >= 0.3 is 0 Å². The predicted molar refractivity (Wildman–Crippen MR) is 56.9 cm³/mol. The Kier molecular flexibility index (Phi) is 3.69. The number of anilines is 1. The van der Waals surface area contributed by atoms with Gasteiger partial charge in [-0.1, -0.05) is 0 Å². The van der Waals surface area contributed by atoms with Crippen LogP contribution in [0.5, 0.6) is 0 Å². The third-order valence-electron chi connectivity index (χ3n) is 2.00. The van der Waals surface area contributed by atoms with E-state index in [-0.39, 0.29) is 12.6 Å². The van der Waals surface area contributed by atoms with Gasteiger partial charge in [0.15, 0.2) is 0 Å². The molecule has 0 unspecified atom stereocenters. The number of aliphatic hydroxyl groups is 1. The lowest BCUT2D eigenvalue weighted by atomic mass is 10.3. The second-order valence-electron chi connectivity index (χ2n) is 2.95. The van der Waals surface area contributed by atoms with Gasteiger partial charge in [0.05, 0.1) is 17.1 Å². The summed E-state index contributed by atoms with van der Waals surface area (Å²) in [6.45, 7) is 2.07. The van der Waals surface area contributed by atoms with Crippen LogP contribution in [0.4, 0.5) is 5.82 Å². The summed E-state index contributed by atoms with van der Waals surface area (Å²) in [7, 11) is 1.91. The van der Waals surface area contributed by atoms with Crippen LogP contribution >= 0.6 is 15.9 Å². The average Bonchev–Trinajstić information content (AvgIpc) is 2.16. The summed E-state index contributed by atoms with van der Waals surface area (Å²) < 4.78 is 0.942. The first-order valence-corrected chi connectivity index (χ1v) is 4.90. The van der Waals surface area contributed by atoms with Gasteiger partial charge in [0.25, 0.3) is 0 Å². The highest BCUT2D eigenvalue weighted by Crippen LogP contribution is 2.22. The zero-order valence-corrected chi connectivity index (χ0v) is 9.32. The van der Waals surface area contributed by atoms with E-state index in [2.05, 4.69) is 20.9 Å². The normalized spacial score (nSPS) is 12.6. The van der Waals surface area contributed by atoms with Crippen LogP contribution < -0.4 is 4.90 Å². The fourth-order valence-corrected chi connectivity index (χ4v) is 1.50. The standard InChI is InChI=1S/C9H13BrN2O/c1-7(6-13)12(2)9-8(10)4-3-5-11-9/h3-5,7,13H,6H2,1-2H3/t7-/m0/s1. The van der Waals surface area contributed by atoms with E-state index in [1.165, 1.54) is 0 Å². The van der Waals surface area contributed by atoms with Crippen LogP contribution in [0, 0.1) is 0 Å². The number of pyridine rings is 1. The fourth-order valence-electron chi connectivity index (χ4n) is 0.968. The van der Waals surface area contributed by atoms with Crippen molar-refractivity contribution in [1.29, 1.82) is 0 Å². The van der Waals surface area contributed by atoms with Gasteiger partial charge in [-0.2, -0.15) is 0 Å². The molecule has 0 saturated carbocycles. The number of likely N-dealkylation sites (N-methyl/N-ethyl adjacent to an activating group) is 1. The Hall–Kier alpha value is -0.610. The van der Waals surface area contributed by atoms with Crippen molar-refractivity contribution in [1.82, 2.24) is 4.98 Å². The molecule has 0 radical (unpaired) electrons. The molecule has 0 amide bonds. The summed E-state index contributed by atoms with van der Waals surface area (Å²) in [6.07, 6.45) is 1.74. The van der Waals surface area contributed by atoms with Gasteiger partial charge in [-0.25, -0.2) is 4.98 Å². The second kappa shape index (κ2) is 4.58. The lowest BCUT2D eigenvalue weighted by Gasteiger charge is -2.24. The Morgan fingerprint density at radius 2 is 2.38 bits per heavy atom. The number of aliphatic hydroxyl groups excluding tert-OH is 1. The molecule has 0 saturated heterocycles. The van der Waals surface area contributed by atoms with E-state index in [1.807, 2.05) is 31.0 Å². The zero-order chi connectivity index (χ0) is 9.84. The number of aromatic nitrogens is 1.